The molecule has 0 spiro atoms. The summed E-state index contributed by atoms with van der Waals surface area (Å²) in [6.45, 7) is 0. The van der Waals surface area contributed by atoms with Gasteiger partial charge < -0.3 is 24.7 Å². The minimum Gasteiger partial charge on any atom is -0.423 e. The van der Waals surface area contributed by atoms with Gasteiger partial charge in [0.2, 0.25) is 0 Å². The smallest absolute Gasteiger partial charge is 0.423 e. The fraction of sp³-hybridized carbons (Fsp3) is 0.0400. The summed E-state index contributed by atoms with van der Waals surface area (Å²) in [4.78, 5) is 8.38. The van der Waals surface area contributed by atoms with Crippen LogP contribution in [-0.4, -0.2) is 56.6 Å². The minimum absolute atomic E-state index is 0.477. The Hall–Kier alpha value is -7.59. The van der Waals surface area contributed by atoms with E-state index in [-0.39, 0.29) is 0 Å². The molecule has 0 saturated carbocycles. The molecule has 0 amide bonds. The van der Waals surface area contributed by atoms with Crippen LogP contribution in [0.1, 0.15) is 0 Å². The molecule has 1 aromatic heterocycles. The van der Waals surface area contributed by atoms with Crippen molar-refractivity contribution >= 4 is 197 Å². The molecule has 492 valence electrons. The molecule has 2 unspecified atom stereocenters. The number of hydrogen-bond donors (Lipinski definition) is 3. The van der Waals surface area contributed by atoms with E-state index in [4.69, 9.17) is 13.0 Å². The second-order valence-corrected chi connectivity index (χ2v) is 30.1. The lowest BCUT2D eigenvalue weighted by Crippen LogP contribution is -2.29. The molecule has 0 bridgehead atoms. The molecule has 0 aliphatic heterocycles. The van der Waals surface area contributed by atoms with Crippen molar-refractivity contribution < 1.29 is 44.6 Å². The highest BCUT2D eigenvalue weighted by atomic mass is 127. The van der Waals surface area contributed by atoms with E-state index in [0.717, 1.165) is 83.4 Å². The Labute approximate surface area is 610 Å². The SMILES string of the molecule is Brc1ccc2sc3cc(N(c4ccccc4)c4ccccc4)ccc3c2c1.CS(=O)c1ccc(Br)cc1-c1ccc(N(c2ccccc2)c2ccccc2)cc1.CS(=O)c1ccc(Br)cc1I.O=S(=O)(O)C(F)(F)F.OB(O)c1ccc(N(c2ccccc2)c2ccccc2)cc1. The largest absolute Gasteiger partial charge is 0.522 e. The first-order chi connectivity index (χ1) is 46.5. The monoisotopic (exact) mass is 1670 g/mol. The van der Waals surface area contributed by atoms with Gasteiger partial charge in [0, 0.05) is 106 Å². The van der Waals surface area contributed by atoms with Gasteiger partial charge in [-0.3, -0.25) is 13.0 Å². The predicted octanol–water partition coefficient (Wildman–Crippen LogP) is 21.6. The Morgan fingerprint density at radius 3 is 1.11 bits per heavy atom. The van der Waals surface area contributed by atoms with Crippen LogP contribution in [0.2, 0.25) is 0 Å². The van der Waals surface area contributed by atoms with E-state index >= 15 is 0 Å². The normalized spacial score (nSPS) is 11.6. The number of hydrogen-bond acceptors (Lipinski definition) is 10. The Bertz CT molecular complexity index is 4760. The lowest BCUT2D eigenvalue weighted by Gasteiger charge is -2.25. The van der Waals surface area contributed by atoms with Crippen molar-refractivity contribution in [2.45, 2.75) is 15.3 Å². The van der Waals surface area contributed by atoms with Gasteiger partial charge in [0.05, 0.1) is 26.5 Å². The third kappa shape index (κ3) is 20.1. The van der Waals surface area contributed by atoms with Crippen molar-refractivity contribution in [2.24, 2.45) is 0 Å². The van der Waals surface area contributed by atoms with E-state index in [9.17, 15) is 31.6 Å². The molecule has 0 aliphatic rings. The molecule has 97 heavy (non-hydrogen) atoms. The standard InChI is InChI=1S/C25H20BrNOS.C24H16BrNS.C18H16BNO2.C7H6BrIOS.CHF3O3S/c1-29(28)25-17-14-20(26)18-24(25)19-12-15-23(16-13-19)27(21-8-4-2-5-9-21)22-10-6-3-7-11-22;25-17-11-14-23-22(15-17)21-13-12-20(16-24(21)27-23)26(18-7-3-1-4-8-18)19-9-5-2-6-10-19;21-19(22)15-11-13-18(14-12-15)20(16-7-3-1-4-8-16)17-9-5-2-6-10-17;1-11(10)7-3-2-5(8)4-6(7)9;2-1(3,4)8(5,6)7/h2-18H,1H3;1-16H;1-14,21-22H;2-4H,1H3;(H,5,6,7). The molecule has 22 heteroatoms. The molecule has 0 radical (unpaired) electrons. The fourth-order valence-corrected chi connectivity index (χ4v) is 15.4. The van der Waals surface area contributed by atoms with Gasteiger partial charge >= 0.3 is 22.7 Å². The lowest BCUT2D eigenvalue weighted by molar-refractivity contribution is -0.0510. The van der Waals surface area contributed by atoms with E-state index in [1.54, 1.807) is 24.6 Å². The predicted molar refractivity (Wildman–Crippen MR) is 416 cm³/mol. The number of para-hydroxylation sites is 6. The summed E-state index contributed by atoms with van der Waals surface area (Å²) in [6, 6.07) is 102. The molecule has 1 heterocycles. The van der Waals surface area contributed by atoms with Crippen LogP contribution in [0.5, 0.6) is 0 Å². The number of benzene rings is 12. The number of thiophene rings is 1. The Morgan fingerprint density at radius 1 is 0.412 bits per heavy atom. The number of fused-ring (bicyclic) bond motifs is 3. The van der Waals surface area contributed by atoms with E-state index in [0.29, 0.717) is 5.46 Å². The number of halogens is 7. The van der Waals surface area contributed by atoms with Crippen molar-refractivity contribution in [3.05, 3.63) is 320 Å². The van der Waals surface area contributed by atoms with E-state index in [1.807, 2.05) is 157 Å². The van der Waals surface area contributed by atoms with E-state index in [1.165, 1.54) is 25.9 Å². The maximum atomic E-state index is 12.2. The van der Waals surface area contributed by atoms with Gasteiger partial charge in [-0.15, -0.1) is 11.3 Å². The van der Waals surface area contributed by atoms with Crippen LogP contribution in [-0.2, 0) is 31.7 Å². The summed E-state index contributed by atoms with van der Waals surface area (Å²) in [6.07, 6.45) is 3.40. The van der Waals surface area contributed by atoms with E-state index in [2.05, 4.69) is 231 Å². The zero-order valence-corrected chi connectivity index (χ0v) is 61.7. The molecule has 13 rings (SSSR count). The van der Waals surface area contributed by atoms with Gasteiger partial charge in [0.25, 0.3) is 0 Å². The average Bonchev–Trinajstić information content (AvgIpc) is 1.68. The maximum Gasteiger partial charge on any atom is 0.522 e. The first-order valence-corrected chi connectivity index (χ1v) is 38.2. The van der Waals surface area contributed by atoms with Crippen molar-refractivity contribution in [2.75, 3.05) is 27.2 Å². The second-order valence-electron chi connectivity index (χ2n) is 21.0. The van der Waals surface area contributed by atoms with E-state index < -0.39 is 44.3 Å². The number of alkyl halides is 3. The highest BCUT2D eigenvalue weighted by Crippen LogP contribution is 2.42. The topological polar surface area (TPSA) is 139 Å². The maximum absolute atomic E-state index is 12.2. The zero-order valence-electron chi connectivity index (χ0n) is 51.5. The average molecular weight is 1680 g/mol. The third-order valence-corrected chi connectivity index (χ3v) is 20.8. The van der Waals surface area contributed by atoms with Crippen LogP contribution in [0.3, 0.4) is 0 Å². The summed E-state index contributed by atoms with van der Waals surface area (Å²) in [5.41, 5.74) is 6.79. The fourth-order valence-electron chi connectivity index (χ4n) is 9.95. The molecule has 0 aliphatic carbocycles. The van der Waals surface area contributed by atoms with Crippen LogP contribution in [0.4, 0.5) is 64.4 Å². The molecule has 3 N–H and O–H groups in total. The molecular weight excluding hydrogens is 1620 g/mol. The molecule has 0 fully saturated rings. The molecule has 13 aromatic rings. The number of rotatable bonds is 13. The van der Waals surface area contributed by atoms with Crippen LogP contribution < -0.4 is 20.2 Å². The first-order valence-electron chi connectivity index (χ1n) is 29.4. The van der Waals surface area contributed by atoms with Gasteiger partial charge in [-0.2, -0.15) is 21.6 Å². The van der Waals surface area contributed by atoms with Crippen LogP contribution in [0.15, 0.2) is 327 Å². The van der Waals surface area contributed by atoms with Gasteiger partial charge in [0.15, 0.2) is 0 Å². The number of nitrogens with zero attached hydrogens (tertiary/aromatic N) is 3. The zero-order chi connectivity index (χ0) is 69.2. The van der Waals surface area contributed by atoms with Gasteiger partial charge in [-0.05, 0) is 203 Å². The molecule has 10 nitrogen and oxygen atoms in total. The third-order valence-electron chi connectivity index (χ3n) is 14.4. The Balaban J connectivity index is 0.000000151. The summed E-state index contributed by atoms with van der Waals surface area (Å²) in [7, 11) is -9.22. The highest BCUT2D eigenvalue weighted by molar-refractivity contribution is 14.1. The molecule has 0 saturated heterocycles. The minimum atomic E-state index is -5.84. The summed E-state index contributed by atoms with van der Waals surface area (Å²) in [5.74, 6) is 0. The number of anilines is 9. The quantitative estimate of drug-likeness (QED) is 0.0443. The molecule has 12 aromatic carbocycles. The second kappa shape index (κ2) is 34.8. The molecule has 2 atom stereocenters. The van der Waals surface area contributed by atoms with Crippen LogP contribution >= 0.6 is 81.7 Å². The van der Waals surface area contributed by atoms with Crippen LogP contribution in [0, 0.1) is 3.57 Å². The lowest BCUT2D eigenvalue weighted by atomic mass is 9.80. The summed E-state index contributed by atoms with van der Waals surface area (Å²) >= 11 is 14.5. The van der Waals surface area contributed by atoms with Crippen molar-refractivity contribution in [1.82, 2.24) is 0 Å². The molecular formula is C75H59BBr3F3IN3O7S4. The Kier molecular flexibility index (Phi) is 26.4. The van der Waals surface area contributed by atoms with Crippen LogP contribution in [0.25, 0.3) is 31.3 Å². The highest BCUT2D eigenvalue weighted by Gasteiger charge is 2.44. The van der Waals surface area contributed by atoms with Crippen molar-refractivity contribution in [3.63, 3.8) is 0 Å². The van der Waals surface area contributed by atoms with Crippen molar-refractivity contribution in [3.8, 4) is 11.1 Å². The summed E-state index contributed by atoms with van der Waals surface area (Å²) < 4.78 is 87.6. The Morgan fingerprint density at radius 2 is 0.742 bits per heavy atom. The summed E-state index contributed by atoms with van der Waals surface area (Å²) in [5, 5.41) is 21.1. The van der Waals surface area contributed by atoms with Crippen molar-refractivity contribution in [1.29, 1.82) is 0 Å². The van der Waals surface area contributed by atoms with Gasteiger partial charge in [-0.25, -0.2) is 0 Å². The first kappa shape index (κ1) is 73.7. The van der Waals surface area contributed by atoms with Gasteiger partial charge in [0.1, 0.15) is 0 Å². The van der Waals surface area contributed by atoms with Gasteiger partial charge in [-0.1, -0.05) is 187 Å².